The normalized spacial score (nSPS) is 22.9. The van der Waals surface area contributed by atoms with Crippen LogP contribution in [-0.2, 0) is 14.3 Å². The topological polar surface area (TPSA) is 136 Å². The van der Waals surface area contributed by atoms with Gasteiger partial charge in [-0.05, 0) is 56.6 Å². The third-order valence-corrected chi connectivity index (χ3v) is 5.52. The Morgan fingerprint density at radius 2 is 2.19 bits per heavy atom. The minimum Gasteiger partial charge on any atom is -0.459 e. The number of hydrogen-bond donors (Lipinski definition) is 3. The van der Waals surface area contributed by atoms with E-state index in [1.54, 1.807) is 0 Å². The largest absolute Gasteiger partial charge is 0.459 e. The molecule has 0 saturated heterocycles. The summed E-state index contributed by atoms with van der Waals surface area (Å²) in [6.07, 6.45) is 6.36. The van der Waals surface area contributed by atoms with Crippen molar-refractivity contribution in [2.24, 2.45) is 17.8 Å². The van der Waals surface area contributed by atoms with E-state index in [1.165, 1.54) is 18.3 Å². The molecule has 0 aromatic carbocycles. The van der Waals surface area contributed by atoms with Gasteiger partial charge in [-0.1, -0.05) is 0 Å². The van der Waals surface area contributed by atoms with Crippen LogP contribution in [0, 0.1) is 27.9 Å². The van der Waals surface area contributed by atoms with Crippen molar-refractivity contribution >= 4 is 17.4 Å². The fraction of sp³-hybridized carbons (Fsp3) is 0.619. The first-order valence-electron chi connectivity index (χ1n) is 10.8. The highest BCUT2D eigenvalue weighted by Gasteiger charge is 2.43. The lowest BCUT2D eigenvalue weighted by atomic mass is 9.82. The first kappa shape index (κ1) is 23.0. The van der Waals surface area contributed by atoms with Crippen LogP contribution < -0.4 is 10.6 Å². The predicted molar refractivity (Wildman–Crippen MR) is 113 cm³/mol. The van der Waals surface area contributed by atoms with Gasteiger partial charge in [-0.15, -0.1) is 0 Å². The summed E-state index contributed by atoms with van der Waals surface area (Å²) >= 11 is 0. The molecule has 1 aromatic heterocycles. The van der Waals surface area contributed by atoms with Crippen LogP contribution >= 0.6 is 0 Å². The summed E-state index contributed by atoms with van der Waals surface area (Å²) in [5, 5.41) is 25.7. The Morgan fingerprint density at radius 3 is 2.81 bits per heavy atom. The summed E-state index contributed by atoms with van der Waals surface area (Å²) in [6.45, 7) is 3.25. The standard InChI is InChI=1S/C21H30N4O6/c1-2-30-21-16(4-3-11-26)17(14-5-6-14)12-18(31-21)20(27)23-10-9-22-19-8-7-15(13-24-19)25(28)29/h7-8,12-14,16-17,21,26H,2-6,9-11H2,1H3,(H,22,24)(H,23,27)/t16-,17+,21+/m0/s1. The summed E-state index contributed by atoms with van der Waals surface area (Å²) in [6, 6.07) is 2.89. The molecule has 10 heteroatoms. The van der Waals surface area contributed by atoms with E-state index < -0.39 is 11.2 Å². The Balaban J connectivity index is 1.54. The highest BCUT2D eigenvalue weighted by molar-refractivity contribution is 5.91. The maximum absolute atomic E-state index is 12.7. The van der Waals surface area contributed by atoms with Gasteiger partial charge in [-0.25, -0.2) is 4.98 Å². The average Bonchev–Trinajstić information content (AvgIpc) is 3.61. The quantitative estimate of drug-likeness (QED) is 0.259. The Bertz CT molecular complexity index is 781. The second kappa shape index (κ2) is 11.1. The van der Waals surface area contributed by atoms with Gasteiger partial charge in [0, 0.05) is 38.3 Å². The number of nitrogens with zero attached hydrogens (tertiary/aromatic N) is 2. The first-order valence-corrected chi connectivity index (χ1v) is 10.8. The van der Waals surface area contributed by atoms with Gasteiger partial charge < -0.3 is 25.2 Å². The van der Waals surface area contributed by atoms with Crippen molar-refractivity contribution in [2.75, 3.05) is 31.6 Å². The van der Waals surface area contributed by atoms with Gasteiger partial charge in [0.1, 0.15) is 12.0 Å². The lowest BCUT2D eigenvalue weighted by Crippen LogP contribution is -2.41. The number of aromatic nitrogens is 1. The molecule has 1 aliphatic heterocycles. The smallest absolute Gasteiger partial charge is 0.287 e. The van der Waals surface area contributed by atoms with E-state index in [0.29, 0.717) is 37.9 Å². The number of hydrogen-bond acceptors (Lipinski definition) is 8. The molecular weight excluding hydrogens is 404 g/mol. The number of ether oxygens (including phenoxy) is 2. The lowest BCUT2D eigenvalue weighted by molar-refractivity contribution is -0.385. The third kappa shape index (κ3) is 6.38. The fourth-order valence-electron chi connectivity index (χ4n) is 3.86. The van der Waals surface area contributed by atoms with Crippen LogP contribution in [0.3, 0.4) is 0 Å². The molecule has 1 aliphatic carbocycles. The van der Waals surface area contributed by atoms with Crippen molar-refractivity contribution in [3.63, 3.8) is 0 Å². The summed E-state index contributed by atoms with van der Waals surface area (Å²) in [7, 11) is 0. The molecule has 1 amide bonds. The van der Waals surface area contributed by atoms with Crippen LogP contribution in [0.5, 0.6) is 0 Å². The molecule has 1 aromatic rings. The number of aliphatic hydroxyl groups is 1. The van der Waals surface area contributed by atoms with E-state index in [2.05, 4.69) is 15.6 Å². The Hall–Kier alpha value is -2.72. The molecule has 0 radical (unpaired) electrons. The number of aliphatic hydroxyl groups excluding tert-OH is 1. The Kier molecular flexibility index (Phi) is 8.19. The molecule has 0 bridgehead atoms. The molecule has 0 spiro atoms. The van der Waals surface area contributed by atoms with Gasteiger partial charge >= 0.3 is 0 Å². The minimum atomic E-state index is -0.506. The van der Waals surface area contributed by atoms with Gasteiger partial charge in [0.05, 0.1) is 4.92 Å². The molecular formula is C21H30N4O6. The zero-order valence-electron chi connectivity index (χ0n) is 17.7. The van der Waals surface area contributed by atoms with Gasteiger partial charge in [0.25, 0.3) is 11.6 Å². The van der Waals surface area contributed by atoms with Crippen LogP contribution in [0.25, 0.3) is 0 Å². The van der Waals surface area contributed by atoms with Gasteiger partial charge in [-0.3, -0.25) is 14.9 Å². The number of nitrogens with one attached hydrogen (secondary N) is 2. The van der Waals surface area contributed by atoms with E-state index in [4.69, 9.17) is 9.47 Å². The third-order valence-electron chi connectivity index (χ3n) is 5.52. The highest BCUT2D eigenvalue weighted by Crippen LogP contribution is 2.47. The second-order valence-corrected chi connectivity index (χ2v) is 7.76. The van der Waals surface area contributed by atoms with Crippen molar-refractivity contribution < 1.29 is 24.3 Å². The summed E-state index contributed by atoms with van der Waals surface area (Å²) in [5.74, 6) is 1.35. The van der Waals surface area contributed by atoms with Crippen LogP contribution in [0.1, 0.15) is 32.6 Å². The highest BCUT2D eigenvalue weighted by atomic mass is 16.7. The molecule has 2 heterocycles. The Labute approximate surface area is 181 Å². The molecule has 0 unspecified atom stereocenters. The lowest BCUT2D eigenvalue weighted by Gasteiger charge is -2.37. The van der Waals surface area contributed by atoms with E-state index >= 15 is 0 Å². The van der Waals surface area contributed by atoms with Crippen LogP contribution in [0.4, 0.5) is 11.5 Å². The molecule has 170 valence electrons. The number of anilines is 1. The monoisotopic (exact) mass is 434 g/mol. The molecule has 1 fully saturated rings. The minimum absolute atomic E-state index is 0.0772. The predicted octanol–water partition coefficient (Wildman–Crippen LogP) is 2.21. The average molecular weight is 434 g/mol. The summed E-state index contributed by atoms with van der Waals surface area (Å²) in [4.78, 5) is 26.8. The van der Waals surface area contributed by atoms with Crippen molar-refractivity contribution in [3.05, 3.63) is 40.3 Å². The number of amides is 1. The van der Waals surface area contributed by atoms with Crippen LogP contribution in [-0.4, -0.2) is 53.5 Å². The maximum Gasteiger partial charge on any atom is 0.287 e. The maximum atomic E-state index is 12.7. The first-order chi connectivity index (χ1) is 15.0. The van der Waals surface area contributed by atoms with E-state index in [0.717, 1.165) is 19.3 Å². The summed E-state index contributed by atoms with van der Waals surface area (Å²) < 4.78 is 11.7. The number of allylic oxidation sites excluding steroid dienone is 1. The zero-order chi connectivity index (χ0) is 22.2. The van der Waals surface area contributed by atoms with E-state index in [9.17, 15) is 20.0 Å². The van der Waals surface area contributed by atoms with Crippen molar-refractivity contribution in [1.29, 1.82) is 0 Å². The molecule has 3 N–H and O–H groups in total. The van der Waals surface area contributed by atoms with E-state index in [1.807, 2.05) is 13.0 Å². The van der Waals surface area contributed by atoms with Gasteiger partial charge in [0.2, 0.25) is 6.29 Å². The number of rotatable bonds is 12. The van der Waals surface area contributed by atoms with Crippen LogP contribution in [0.2, 0.25) is 0 Å². The number of nitro groups is 1. The Morgan fingerprint density at radius 1 is 1.39 bits per heavy atom. The van der Waals surface area contributed by atoms with Gasteiger partial charge in [-0.2, -0.15) is 0 Å². The number of carbonyl (C=O) groups excluding carboxylic acids is 1. The number of carbonyl (C=O) groups is 1. The fourth-order valence-corrected chi connectivity index (χ4v) is 3.86. The van der Waals surface area contributed by atoms with Crippen molar-refractivity contribution in [2.45, 2.75) is 38.9 Å². The van der Waals surface area contributed by atoms with E-state index in [-0.39, 0.29) is 35.8 Å². The molecule has 3 atom stereocenters. The van der Waals surface area contributed by atoms with Crippen molar-refractivity contribution in [1.82, 2.24) is 10.3 Å². The molecule has 2 aliphatic rings. The molecule has 1 saturated carbocycles. The SMILES string of the molecule is CCO[C@@H]1OC(C(=O)NCCNc2ccc([N+](=O)[O-])cn2)=C[C@H](C2CC2)[C@@H]1CCCO. The van der Waals surface area contributed by atoms with Crippen molar-refractivity contribution in [3.8, 4) is 0 Å². The molecule has 3 rings (SSSR count). The second-order valence-electron chi connectivity index (χ2n) is 7.76. The molecule has 10 nitrogen and oxygen atoms in total. The zero-order valence-corrected chi connectivity index (χ0v) is 17.7. The van der Waals surface area contributed by atoms with Gasteiger partial charge in [0.15, 0.2) is 5.76 Å². The number of pyridine rings is 1. The summed E-state index contributed by atoms with van der Waals surface area (Å²) in [5.41, 5.74) is -0.0772. The van der Waals surface area contributed by atoms with Crippen LogP contribution in [0.15, 0.2) is 30.2 Å². The molecule has 31 heavy (non-hydrogen) atoms.